The van der Waals surface area contributed by atoms with Crippen molar-refractivity contribution in [1.29, 1.82) is 0 Å². The van der Waals surface area contributed by atoms with Gasteiger partial charge in [-0.25, -0.2) is 13.6 Å². The summed E-state index contributed by atoms with van der Waals surface area (Å²) in [6.45, 7) is 8.67. The van der Waals surface area contributed by atoms with Gasteiger partial charge in [0.25, 0.3) is 5.92 Å². The number of rotatable bonds is 1. The van der Waals surface area contributed by atoms with Crippen LogP contribution in [0.2, 0.25) is 0 Å². The molecule has 2 rings (SSSR count). The molecule has 1 aliphatic rings. The van der Waals surface area contributed by atoms with E-state index >= 15 is 0 Å². The summed E-state index contributed by atoms with van der Waals surface area (Å²) in [6.07, 6.45) is -0.437. The summed E-state index contributed by atoms with van der Waals surface area (Å²) in [5.41, 5.74) is 1.91. The van der Waals surface area contributed by atoms with Crippen molar-refractivity contribution in [1.82, 2.24) is 4.90 Å². The number of ether oxygens (including phenoxy) is 1. The van der Waals surface area contributed by atoms with E-state index in [1.807, 2.05) is 26.0 Å². The second kappa shape index (κ2) is 6.10. The van der Waals surface area contributed by atoms with Gasteiger partial charge in [-0.2, -0.15) is 0 Å². The van der Waals surface area contributed by atoms with E-state index in [0.29, 0.717) is 5.56 Å². The zero-order valence-electron chi connectivity index (χ0n) is 14.5. The third-order valence-corrected chi connectivity index (χ3v) is 4.27. The zero-order chi connectivity index (χ0) is 17.4. The van der Waals surface area contributed by atoms with Crippen molar-refractivity contribution in [2.24, 2.45) is 0 Å². The van der Waals surface area contributed by atoms with E-state index in [4.69, 9.17) is 4.74 Å². The highest BCUT2D eigenvalue weighted by molar-refractivity contribution is 5.68. The van der Waals surface area contributed by atoms with Crippen LogP contribution in [-0.2, 0) is 4.74 Å². The topological polar surface area (TPSA) is 29.5 Å². The van der Waals surface area contributed by atoms with Crippen LogP contribution < -0.4 is 0 Å². The lowest BCUT2D eigenvalue weighted by atomic mass is 9.83. The Morgan fingerprint density at radius 2 is 1.96 bits per heavy atom. The maximum atomic E-state index is 14.7. The van der Waals surface area contributed by atoms with Crippen LogP contribution in [0.15, 0.2) is 18.2 Å². The average molecular weight is 325 g/mol. The molecular formula is C18H25F2NO2. The summed E-state index contributed by atoms with van der Waals surface area (Å²) >= 11 is 0. The van der Waals surface area contributed by atoms with Crippen LogP contribution in [-0.4, -0.2) is 35.6 Å². The maximum Gasteiger partial charge on any atom is 0.410 e. The summed E-state index contributed by atoms with van der Waals surface area (Å²) in [6, 6.07) is 5.50. The predicted octanol–water partition coefficient (Wildman–Crippen LogP) is 4.66. The smallest absolute Gasteiger partial charge is 0.410 e. The maximum absolute atomic E-state index is 14.7. The number of halogens is 2. The number of piperidine rings is 1. The second-order valence-corrected chi connectivity index (χ2v) is 7.29. The summed E-state index contributed by atoms with van der Waals surface area (Å²) < 4.78 is 34.5. The number of benzene rings is 1. The lowest BCUT2D eigenvalue weighted by Gasteiger charge is -2.39. The van der Waals surface area contributed by atoms with Crippen LogP contribution in [0, 0.1) is 13.8 Å². The van der Waals surface area contributed by atoms with Gasteiger partial charge in [-0.05, 0) is 57.7 Å². The Labute approximate surface area is 136 Å². The normalized spacial score (nSPS) is 21.2. The van der Waals surface area contributed by atoms with Crippen molar-refractivity contribution in [2.45, 2.75) is 58.5 Å². The largest absolute Gasteiger partial charge is 0.444 e. The highest BCUT2D eigenvalue weighted by atomic mass is 19.3. The van der Waals surface area contributed by atoms with Crippen molar-refractivity contribution in [2.75, 3.05) is 13.1 Å². The van der Waals surface area contributed by atoms with E-state index in [9.17, 15) is 13.6 Å². The number of amides is 1. The van der Waals surface area contributed by atoms with E-state index in [1.165, 1.54) is 0 Å². The van der Waals surface area contributed by atoms with Crippen molar-refractivity contribution in [3.63, 3.8) is 0 Å². The molecule has 1 amide bonds. The van der Waals surface area contributed by atoms with Crippen molar-refractivity contribution < 1.29 is 18.3 Å². The fourth-order valence-corrected chi connectivity index (χ4v) is 2.96. The molecule has 0 bridgehead atoms. The number of hydrogen-bond donors (Lipinski definition) is 0. The number of aryl methyl sites for hydroxylation is 1. The minimum atomic E-state index is -2.96. The molecule has 0 radical (unpaired) electrons. The van der Waals surface area contributed by atoms with Crippen LogP contribution >= 0.6 is 0 Å². The van der Waals surface area contributed by atoms with E-state index in [-0.39, 0.29) is 13.0 Å². The summed E-state index contributed by atoms with van der Waals surface area (Å²) in [7, 11) is 0. The molecule has 0 N–H and O–H groups in total. The Hall–Kier alpha value is -1.65. The minimum Gasteiger partial charge on any atom is -0.444 e. The number of alkyl halides is 2. The Morgan fingerprint density at radius 3 is 2.52 bits per heavy atom. The van der Waals surface area contributed by atoms with Gasteiger partial charge in [-0.15, -0.1) is 0 Å². The molecule has 1 aromatic rings. The van der Waals surface area contributed by atoms with Gasteiger partial charge in [0.15, 0.2) is 0 Å². The first kappa shape index (κ1) is 17.7. The lowest BCUT2D eigenvalue weighted by Crippen LogP contribution is -2.51. The Bertz CT molecular complexity index is 593. The van der Waals surface area contributed by atoms with Gasteiger partial charge in [-0.1, -0.05) is 18.2 Å². The van der Waals surface area contributed by atoms with Crippen molar-refractivity contribution >= 4 is 6.09 Å². The number of carbonyl (C=O) groups excluding carboxylic acids is 1. The van der Waals surface area contributed by atoms with Gasteiger partial charge in [0.2, 0.25) is 0 Å². The number of hydrogen-bond acceptors (Lipinski definition) is 2. The molecule has 0 aliphatic carbocycles. The monoisotopic (exact) mass is 325 g/mol. The van der Waals surface area contributed by atoms with E-state index in [0.717, 1.165) is 16.0 Å². The molecule has 1 saturated heterocycles. The van der Waals surface area contributed by atoms with Gasteiger partial charge >= 0.3 is 6.09 Å². The van der Waals surface area contributed by atoms with Crippen LogP contribution in [0.5, 0.6) is 0 Å². The molecule has 0 saturated carbocycles. The third-order valence-electron chi connectivity index (χ3n) is 4.27. The molecule has 1 atom stereocenters. The SMILES string of the molecule is Cc1cccc(C2CCN(C(=O)OC(C)(C)C)CC2(F)F)c1C. The van der Waals surface area contributed by atoms with Gasteiger partial charge in [0.1, 0.15) is 5.60 Å². The molecule has 1 unspecified atom stereocenters. The summed E-state index contributed by atoms with van der Waals surface area (Å²) in [5.74, 6) is -3.82. The van der Waals surface area contributed by atoms with Gasteiger partial charge in [0, 0.05) is 6.54 Å². The Morgan fingerprint density at radius 1 is 1.30 bits per heavy atom. The molecule has 1 heterocycles. The summed E-state index contributed by atoms with van der Waals surface area (Å²) in [5, 5.41) is 0. The fraction of sp³-hybridized carbons (Fsp3) is 0.611. The average Bonchev–Trinajstić information content (AvgIpc) is 2.39. The molecule has 0 aromatic heterocycles. The third kappa shape index (κ3) is 4.01. The first-order valence-corrected chi connectivity index (χ1v) is 7.93. The standard InChI is InChI=1S/C18H25F2NO2/c1-12-7-6-8-14(13(12)2)15-9-10-21(11-18(15,19)20)16(22)23-17(3,4)5/h6-8,15H,9-11H2,1-5H3. The molecule has 1 fully saturated rings. The highest BCUT2D eigenvalue weighted by Gasteiger charge is 2.47. The minimum absolute atomic E-state index is 0.233. The van der Waals surface area contributed by atoms with Gasteiger partial charge < -0.3 is 9.64 Å². The fourth-order valence-electron chi connectivity index (χ4n) is 2.96. The lowest BCUT2D eigenvalue weighted by molar-refractivity contribution is -0.0850. The van der Waals surface area contributed by atoms with E-state index in [2.05, 4.69) is 0 Å². The van der Waals surface area contributed by atoms with Crippen LogP contribution in [0.4, 0.5) is 13.6 Å². The van der Waals surface area contributed by atoms with Gasteiger partial charge in [0.05, 0.1) is 12.5 Å². The molecule has 1 aliphatic heterocycles. The first-order chi connectivity index (χ1) is 10.5. The number of nitrogens with zero attached hydrogens (tertiary/aromatic N) is 1. The van der Waals surface area contributed by atoms with Gasteiger partial charge in [-0.3, -0.25) is 0 Å². The molecule has 3 nitrogen and oxygen atoms in total. The highest BCUT2D eigenvalue weighted by Crippen LogP contribution is 2.42. The Kier molecular flexibility index (Phi) is 4.69. The number of carbonyl (C=O) groups is 1. The second-order valence-electron chi connectivity index (χ2n) is 7.29. The molecule has 0 spiro atoms. The van der Waals surface area contributed by atoms with E-state index in [1.54, 1.807) is 26.8 Å². The molecule has 128 valence electrons. The van der Waals surface area contributed by atoms with Crippen molar-refractivity contribution in [3.05, 3.63) is 34.9 Å². The molecule has 23 heavy (non-hydrogen) atoms. The van der Waals surface area contributed by atoms with E-state index < -0.39 is 30.1 Å². The molecule has 5 heteroatoms. The molecule has 1 aromatic carbocycles. The quantitative estimate of drug-likeness (QED) is 0.751. The van der Waals surface area contributed by atoms with Crippen molar-refractivity contribution in [3.8, 4) is 0 Å². The predicted molar refractivity (Wildman–Crippen MR) is 86.0 cm³/mol. The first-order valence-electron chi connectivity index (χ1n) is 7.93. The van der Waals surface area contributed by atoms with Crippen LogP contribution in [0.25, 0.3) is 0 Å². The summed E-state index contributed by atoms with van der Waals surface area (Å²) in [4.78, 5) is 13.2. The zero-order valence-corrected chi connectivity index (χ0v) is 14.5. The molecular weight excluding hydrogens is 300 g/mol. The van der Waals surface area contributed by atoms with Crippen LogP contribution in [0.1, 0.15) is 49.8 Å². The Balaban J connectivity index is 2.17. The van der Waals surface area contributed by atoms with Crippen LogP contribution in [0.3, 0.4) is 0 Å². The number of likely N-dealkylation sites (tertiary alicyclic amines) is 1.